The molecular weight excluding hydrogens is 308 g/mol. The van der Waals surface area contributed by atoms with Crippen LogP contribution in [0.4, 0.5) is 4.79 Å². The van der Waals surface area contributed by atoms with Gasteiger partial charge in [0.15, 0.2) is 0 Å². The number of halogens is 1. The van der Waals surface area contributed by atoms with Crippen LogP contribution in [0.15, 0.2) is 11.4 Å². The Bertz CT molecular complexity index is 480. The fourth-order valence-corrected chi connectivity index (χ4v) is 2.69. The maximum atomic E-state index is 11.8. The summed E-state index contributed by atoms with van der Waals surface area (Å²) in [4.78, 5) is 11.8. The Hall–Kier alpha value is -0.780. The van der Waals surface area contributed by atoms with Crippen molar-refractivity contribution in [3.63, 3.8) is 0 Å². The molecule has 0 aliphatic heterocycles. The summed E-state index contributed by atoms with van der Waals surface area (Å²) in [5.41, 5.74) is 0.253. The summed E-state index contributed by atoms with van der Waals surface area (Å²) in [6, 6.07) is 2.13. The van der Waals surface area contributed by atoms with Crippen molar-refractivity contribution in [2.24, 2.45) is 0 Å². The Kier molecular flexibility index (Phi) is 6.08. The molecule has 0 radical (unpaired) electrons. The summed E-state index contributed by atoms with van der Waals surface area (Å²) >= 11 is 7.46. The van der Waals surface area contributed by atoms with E-state index in [0.29, 0.717) is 6.54 Å². The van der Waals surface area contributed by atoms with Crippen LogP contribution in [0.2, 0.25) is 4.34 Å². The SMILES string of the molecule is CC(NCC(C)(C)NC(=O)OC(C)(C)C)c1csc(Cl)c1. The molecule has 0 aliphatic rings. The average Bonchev–Trinajstić information content (AvgIpc) is 2.69. The highest BCUT2D eigenvalue weighted by atomic mass is 35.5. The molecule has 0 aromatic carbocycles. The molecule has 0 saturated heterocycles. The number of carbonyl (C=O) groups is 1. The molecule has 1 heterocycles. The molecule has 1 rings (SSSR count). The molecule has 21 heavy (non-hydrogen) atoms. The summed E-state index contributed by atoms with van der Waals surface area (Å²) in [6.07, 6.45) is -0.402. The molecule has 0 aliphatic carbocycles. The molecule has 0 fully saturated rings. The first-order valence-corrected chi connectivity index (χ1v) is 8.23. The lowest BCUT2D eigenvalue weighted by Crippen LogP contribution is -2.51. The van der Waals surface area contributed by atoms with Gasteiger partial charge < -0.3 is 15.4 Å². The summed E-state index contributed by atoms with van der Waals surface area (Å²) < 4.78 is 6.06. The van der Waals surface area contributed by atoms with Crippen molar-refractivity contribution in [3.8, 4) is 0 Å². The average molecular weight is 333 g/mol. The zero-order valence-electron chi connectivity index (χ0n) is 13.5. The fourth-order valence-electron chi connectivity index (χ4n) is 1.70. The predicted octanol–water partition coefficient (Wildman–Crippen LogP) is 4.36. The van der Waals surface area contributed by atoms with Gasteiger partial charge in [-0.2, -0.15) is 0 Å². The second kappa shape index (κ2) is 6.99. The van der Waals surface area contributed by atoms with Crippen LogP contribution in [-0.4, -0.2) is 23.8 Å². The Labute approximate surface area is 136 Å². The third-order valence-corrected chi connectivity index (χ3v) is 3.89. The number of nitrogens with one attached hydrogen (secondary N) is 2. The minimum atomic E-state index is -0.492. The molecule has 2 N–H and O–H groups in total. The number of ether oxygens (including phenoxy) is 1. The zero-order chi connectivity index (χ0) is 16.3. The second-order valence-corrected chi connectivity index (χ2v) is 8.34. The van der Waals surface area contributed by atoms with E-state index in [1.807, 2.05) is 46.1 Å². The predicted molar refractivity (Wildman–Crippen MR) is 89.2 cm³/mol. The highest BCUT2D eigenvalue weighted by Gasteiger charge is 2.25. The first-order chi connectivity index (χ1) is 9.48. The first-order valence-electron chi connectivity index (χ1n) is 6.97. The number of hydrogen-bond acceptors (Lipinski definition) is 4. The molecule has 120 valence electrons. The molecular formula is C15H25ClN2O2S. The van der Waals surface area contributed by atoms with Crippen LogP contribution in [0.1, 0.15) is 53.1 Å². The number of rotatable bonds is 5. The minimum Gasteiger partial charge on any atom is -0.444 e. The van der Waals surface area contributed by atoms with E-state index in [9.17, 15) is 4.79 Å². The maximum absolute atomic E-state index is 11.8. The van der Waals surface area contributed by atoms with Crippen LogP contribution in [0, 0.1) is 0 Å². The number of alkyl carbamates (subject to hydrolysis) is 1. The smallest absolute Gasteiger partial charge is 0.408 e. The van der Waals surface area contributed by atoms with Crippen molar-refractivity contribution in [1.82, 2.24) is 10.6 Å². The monoisotopic (exact) mass is 332 g/mol. The first kappa shape index (κ1) is 18.3. The van der Waals surface area contributed by atoms with E-state index in [2.05, 4.69) is 17.6 Å². The van der Waals surface area contributed by atoms with Crippen LogP contribution in [0.25, 0.3) is 0 Å². The van der Waals surface area contributed by atoms with E-state index in [4.69, 9.17) is 16.3 Å². The lowest BCUT2D eigenvalue weighted by Gasteiger charge is -2.30. The second-order valence-electron chi connectivity index (χ2n) is 6.80. The van der Waals surface area contributed by atoms with Crippen molar-refractivity contribution < 1.29 is 9.53 Å². The van der Waals surface area contributed by atoms with Crippen LogP contribution >= 0.6 is 22.9 Å². The minimum absolute atomic E-state index is 0.175. The quantitative estimate of drug-likeness (QED) is 0.842. The summed E-state index contributed by atoms with van der Waals surface area (Å²) in [5.74, 6) is 0. The van der Waals surface area contributed by atoms with Gasteiger partial charge in [0.25, 0.3) is 0 Å². The van der Waals surface area contributed by atoms with Gasteiger partial charge in [-0.1, -0.05) is 11.6 Å². The van der Waals surface area contributed by atoms with Gasteiger partial charge >= 0.3 is 6.09 Å². The van der Waals surface area contributed by atoms with Crippen molar-refractivity contribution >= 4 is 29.0 Å². The lowest BCUT2D eigenvalue weighted by molar-refractivity contribution is 0.0471. The summed E-state index contributed by atoms with van der Waals surface area (Å²) in [6.45, 7) is 12.2. The Morgan fingerprint density at radius 1 is 1.38 bits per heavy atom. The van der Waals surface area contributed by atoms with Gasteiger partial charge in [0, 0.05) is 12.6 Å². The summed E-state index contributed by atoms with van der Waals surface area (Å²) in [5, 5.41) is 8.31. The summed E-state index contributed by atoms with van der Waals surface area (Å²) in [7, 11) is 0. The number of hydrogen-bond donors (Lipinski definition) is 2. The van der Waals surface area contributed by atoms with E-state index in [0.717, 1.165) is 9.90 Å². The van der Waals surface area contributed by atoms with Gasteiger partial charge in [-0.15, -0.1) is 11.3 Å². The highest BCUT2D eigenvalue weighted by molar-refractivity contribution is 7.14. The molecule has 4 nitrogen and oxygen atoms in total. The highest BCUT2D eigenvalue weighted by Crippen LogP contribution is 2.24. The van der Waals surface area contributed by atoms with E-state index < -0.39 is 17.2 Å². The van der Waals surface area contributed by atoms with Crippen LogP contribution in [0.3, 0.4) is 0 Å². The van der Waals surface area contributed by atoms with Crippen LogP contribution in [0.5, 0.6) is 0 Å². The Morgan fingerprint density at radius 2 is 2.00 bits per heavy atom. The van der Waals surface area contributed by atoms with Crippen LogP contribution < -0.4 is 10.6 Å². The molecule has 0 spiro atoms. The van der Waals surface area contributed by atoms with Gasteiger partial charge in [0.1, 0.15) is 5.60 Å². The van der Waals surface area contributed by atoms with E-state index in [1.54, 1.807) is 0 Å². The van der Waals surface area contributed by atoms with E-state index in [1.165, 1.54) is 11.3 Å². The lowest BCUT2D eigenvalue weighted by atomic mass is 10.0. The third-order valence-electron chi connectivity index (χ3n) is 2.78. The van der Waals surface area contributed by atoms with Gasteiger partial charge in [-0.05, 0) is 58.6 Å². The maximum Gasteiger partial charge on any atom is 0.408 e. The van der Waals surface area contributed by atoms with Crippen molar-refractivity contribution in [1.29, 1.82) is 0 Å². The van der Waals surface area contributed by atoms with Gasteiger partial charge in [0.2, 0.25) is 0 Å². The van der Waals surface area contributed by atoms with Gasteiger partial charge in [-0.25, -0.2) is 4.79 Å². The Balaban J connectivity index is 2.47. The number of carbonyl (C=O) groups excluding carboxylic acids is 1. The van der Waals surface area contributed by atoms with Gasteiger partial charge in [0.05, 0.1) is 9.88 Å². The van der Waals surface area contributed by atoms with E-state index in [-0.39, 0.29) is 6.04 Å². The zero-order valence-corrected chi connectivity index (χ0v) is 15.1. The molecule has 1 aromatic rings. The standard InChI is InChI=1S/C15H25ClN2O2S/c1-10(11-7-12(16)21-8-11)17-9-15(5,6)18-13(19)20-14(2,3)4/h7-8,10,17H,9H2,1-6H3,(H,18,19). The normalized spacial score (nSPS) is 13.9. The Morgan fingerprint density at radius 3 is 2.48 bits per heavy atom. The largest absolute Gasteiger partial charge is 0.444 e. The fraction of sp³-hybridized carbons (Fsp3) is 0.667. The van der Waals surface area contributed by atoms with Crippen LogP contribution in [-0.2, 0) is 4.74 Å². The molecule has 0 bridgehead atoms. The molecule has 0 saturated carbocycles. The van der Waals surface area contributed by atoms with Crippen molar-refractivity contribution in [2.45, 2.75) is 58.7 Å². The molecule has 1 atom stereocenters. The molecule has 1 aromatic heterocycles. The van der Waals surface area contributed by atoms with E-state index >= 15 is 0 Å². The third kappa shape index (κ3) is 7.16. The number of thiophene rings is 1. The number of amides is 1. The molecule has 1 amide bonds. The topological polar surface area (TPSA) is 50.4 Å². The van der Waals surface area contributed by atoms with Crippen molar-refractivity contribution in [2.75, 3.05) is 6.54 Å². The van der Waals surface area contributed by atoms with Gasteiger partial charge in [-0.3, -0.25) is 0 Å². The van der Waals surface area contributed by atoms with Crippen molar-refractivity contribution in [3.05, 3.63) is 21.3 Å². The molecule has 1 unspecified atom stereocenters. The molecule has 6 heteroatoms.